The van der Waals surface area contributed by atoms with Crippen LogP contribution in [0.5, 0.6) is 0 Å². The van der Waals surface area contributed by atoms with Crippen LogP contribution >= 0.6 is 0 Å². The molecule has 0 aliphatic rings. The number of fused-ring (bicyclic) bond motifs is 18. The lowest BCUT2D eigenvalue weighted by Gasteiger charge is -2.11. The molecule has 0 unspecified atom stereocenters. The largest absolute Gasteiger partial charge is 0.456 e. The van der Waals surface area contributed by atoms with Crippen LogP contribution in [-0.2, 0) is 0 Å². The molecular formula is C102H60N8O4. The molecule has 0 saturated heterocycles. The summed E-state index contributed by atoms with van der Waals surface area (Å²) in [5, 5.41) is 13.0. The van der Waals surface area contributed by atoms with E-state index >= 15 is 0 Å². The summed E-state index contributed by atoms with van der Waals surface area (Å²) in [5.41, 5.74) is 23.4. The van der Waals surface area contributed by atoms with Crippen molar-refractivity contribution < 1.29 is 17.7 Å². The van der Waals surface area contributed by atoms with Gasteiger partial charge in [0.1, 0.15) is 44.7 Å². The summed E-state index contributed by atoms with van der Waals surface area (Å²) in [5.74, 6) is 3.46. The molecule has 0 N–H and O–H groups in total. The molecule has 0 atom stereocenters. The van der Waals surface area contributed by atoms with E-state index in [-0.39, 0.29) is 0 Å². The van der Waals surface area contributed by atoms with E-state index in [9.17, 15) is 0 Å². The van der Waals surface area contributed by atoms with Crippen LogP contribution in [-0.4, -0.2) is 39.0 Å². The molecule has 24 aromatic rings. The summed E-state index contributed by atoms with van der Waals surface area (Å²) in [4.78, 5) is 30.9. The van der Waals surface area contributed by atoms with Gasteiger partial charge in [0.2, 0.25) is 11.9 Å². The van der Waals surface area contributed by atoms with Crippen LogP contribution in [0.2, 0.25) is 0 Å². The summed E-state index contributed by atoms with van der Waals surface area (Å²) >= 11 is 0. The molecule has 24 rings (SSSR count). The minimum absolute atomic E-state index is 0.542. The predicted molar refractivity (Wildman–Crippen MR) is 461 cm³/mol. The summed E-state index contributed by atoms with van der Waals surface area (Å²) in [6.07, 6.45) is 0. The molecule has 8 heterocycles. The van der Waals surface area contributed by atoms with Gasteiger partial charge in [0.25, 0.3) is 0 Å². The number of nitrogens with zero attached hydrogens (tertiary/aromatic N) is 8. The van der Waals surface area contributed by atoms with Crippen molar-refractivity contribution in [2.24, 2.45) is 0 Å². The van der Waals surface area contributed by atoms with Crippen molar-refractivity contribution in [1.82, 2.24) is 39.0 Å². The van der Waals surface area contributed by atoms with Crippen LogP contribution in [0, 0.1) is 0 Å². The summed E-state index contributed by atoms with van der Waals surface area (Å²) in [6, 6.07) is 125. The Morgan fingerprint density at radius 2 is 0.491 bits per heavy atom. The summed E-state index contributed by atoms with van der Waals surface area (Å²) < 4.78 is 29.9. The smallest absolute Gasteiger partial charge is 0.238 e. The number of aromatic nitrogens is 8. The fourth-order valence-corrected chi connectivity index (χ4v) is 16.8. The molecule has 0 aliphatic heterocycles. The monoisotopic (exact) mass is 1460 g/mol. The highest BCUT2D eigenvalue weighted by molar-refractivity contribution is 6.20. The van der Waals surface area contributed by atoms with Crippen LogP contribution in [0.15, 0.2) is 382 Å². The molecule has 0 bridgehead atoms. The van der Waals surface area contributed by atoms with Crippen LogP contribution in [0.3, 0.4) is 0 Å². The maximum absolute atomic E-state index is 6.49. The first kappa shape index (κ1) is 64.3. The number of hydrogen-bond donors (Lipinski definition) is 0. The van der Waals surface area contributed by atoms with E-state index in [0.29, 0.717) is 35.2 Å². The maximum atomic E-state index is 6.49. The fraction of sp³-hybridized carbons (Fsp3) is 0. The van der Waals surface area contributed by atoms with Crippen LogP contribution in [0.1, 0.15) is 0 Å². The first-order chi connectivity index (χ1) is 56.5. The number of furan rings is 4. The second kappa shape index (κ2) is 26.0. The zero-order valence-corrected chi connectivity index (χ0v) is 60.9. The molecule has 0 aliphatic carbocycles. The number of para-hydroxylation sites is 4. The van der Waals surface area contributed by atoms with Crippen LogP contribution in [0.4, 0.5) is 0 Å². The third kappa shape index (κ3) is 10.7. The standard InChI is InChI=1S/2C51H30N4O2/c1-3-13-31(14-4-1)36-21-12-24-45-48(36)39-26-25-34(28-46(39)57-45)33-17-11-18-35(27-33)50-52-49(32-15-5-2-6-16-32)53-51(54-50)55-42-22-9-7-19-37(42)40-30-47-41(29-43(40)55)38-20-8-10-23-44(38)56-47;1-3-12-32(13-4-1)36-18-11-21-45-48(36)39-27-26-35(28-46(39)57-45)31-22-24-34(25-23-31)50-52-49(33-14-5-2-6-15-33)53-51(54-50)55-42-19-9-7-16-37(42)40-30-47-41(29-43(40)55)38-17-8-10-20-44(38)56-47/h2*1-30H. The van der Waals surface area contributed by atoms with Crippen molar-refractivity contribution >= 4 is 131 Å². The second-order valence-electron chi connectivity index (χ2n) is 28.8. The van der Waals surface area contributed by atoms with Gasteiger partial charge in [-0.2, -0.15) is 19.9 Å². The molecule has 0 fully saturated rings. The first-order valence-electron chi connectivity index (χ1n) is 38.0. The molecule has 0 saturated carbocycles. The van der Waals surface area contributed by atoms with Crippen molar-refractivity contribution in [2.45, 2.75) is 0 Å². The Hall–Kier alpha value is -15.7. The Bertz CT molecular complexity index is 7980. The van der Waals surface area contributed by atoms with Crippen molar-refractivity contribution in [3.8, 4) is 102 Å². The van der Waals surface area contributed by atoms with Gasteiger partial charge in [0.15, 0.2) is 23.3 Å². The topological polar surface area (TPSA) is 140 Å². The normalized spacial score (nSPS) is 11.9. The van der Waals surface area contributed by atoms with Crippen LogP contribution in [0.25, 0.3) is 233 Å². The Labute approximate surface area is 650 Å². The Morgan fingerprint density at radius 3 is 0.965 bits per heavy atom. The highest BCUT2D eigenvalue weighted by Crippen LogP contribution is 2.45. The number of rotatable bonds is 10. The van der Waals surface area contributed by atoms with E-state index in [1.807, 2.05) is 121 Å². The van der Waals surface area contributed by atoms with Gasteiger partial charge in [-0.15, -0.1) is 0 Å². The molecular weight excluding hydrogens is 1400 g/mol. The Kier molecular flexibility index (Phi) is 14.7. The van der Waals surface area contributed by atoms with Crippen LogP contribution < -0.4 is 0 Å². The Balaban J connectivity index is 0.000000135. The van der Waals surface area contributed by atoms with E-state index in [2.05, 4.69) is 252 Å². The van der Waals surface area contributed by atoms with Gasteiger partial charge in [-0.25, -0.2) is 9.97 Å². The maximum Gasteiger partial charge on any atom is 0.238 e. The number of benzene rings is 16. The zero-order valence-electron chi connectivity index (χ0n) is 60.9. The highest BCUT2D eigenvalue weighted by Gasteiger charge is 2.25. The average molecular weight is 1460 g/mol. The molecule has 12 nitrogen and oxygen atoms in total. The molecule has 16 aromatic carbocycles. The number of hydrogen-bond acceptors (Lipinski definition) is 10. The molecule has 0 radical (unpaired) electrons. The van der Waals surface area contributed by atoms with E-state index < -0.39 is 0 Å². The lowest BCUT2D eigenvalue weighted by Crippen LogP contribution is -2.06. The van der Waals surface area contributed by atoms with Gasteiger partial charge in [0.05, 0.1) is 22.1 Å². The average Bonchev–Trinajstić information content (AvgIpc) is 1.58. The Morgan fingerprint density at radius 1 is 0.167 bits per heavy atom. The molecule has 8 aromatic heterocycles. The molecule has 0 spiro atoms. The van der Waals surface area contributed by atoms with Gasteiger partial charge < -0.3 is 17.7 Å². The van der Waals surface area contributed by atoms with Gasteiger partial charge in [0, 0.05) is 86.9 Å². The van der Waals surface area contributed by atoms with Crippen molar-refractivity contribution in [2.75, 3.05) is 0 Å². The fourth-order valence-electron chi connectivity index (χ4n) is 16.8. The molecule has 12 heteroatoms. The SMILES string of the molecule is c1ccc(-c2nc(-c3ccc(-c4ccc5c(c4)oc4cccc(-c6ccccc6)c45)cc3)nc(-n3c4ccccc4c4cc5oc6ccccc6c5cc43)n2)cc1.c1ccc(-c2nc(-c3cccc(-c4ccc5c(c4)oc4cccc(-c6ccccc6)c45)c3)nc(-n3c4ccccc4c4cc5oc6ccccc6c5cc43)n2)cc1. The van der Waals surface area contributed by atoms with Crippen molar-refractivity contribution in [3.05, 3.63) is 364 Å². The second-order valence-corrected chi connectivity index (χ2v) is 28.8. The van der Waals surface area contributed by atoms with E-state index in [0.717, 1.165) is 181 Å². The third-order valence-electron chi connectivity index (χ3n) is 22.1. The first-order valence-corrected chi connectivity index (χ1v) is 38.0. The quantitative estimate of drug-likeness (QED) is 0.130. The van der Waals surface area contributed by atoms with Gasteiger partial charge in [-0.3, -0.25) is 9.13 Å². The van der Waals surface area contributed by atoms with Gasteiger partial charge in [-0.1, -0.05) is 273 Å². The minimum atomic E-state index is 0.542. The molecule has 0 amide bonds. The zero-order chi connectivity index (χ0) is 74.9. The third-order valence-corrected chi connectivity index (χ3v) is 22.1. The summed E-state index contributed by atoms with van der Waals surface area (Å²) in [6.45, 7) is 0. The predicted octanol–water partition coefficient (Wildman–Crippen LogP) is 26.9. The lowest BCUT2D eigenvalue weighted by atomic mass is 9.97. The molecule has 114 heavy (non-hydrogen) atoms. The lowest BCUT2D eigenvalue weighted by molar-refractivity contribution is 0.669. The van der Waals surface area contributed by atoms with Crippen molar-refractivity contribution in [1.29, 1.82) is 0 Å². The molecule has 532 valence electrons. The van der Waals surface area contributed by atoms with Crippen molar-refractivity contribution in [3.63, 3.8) is 0 Å². The van der Waals surface area contributed by atoms with Gasteiger partial charge >= 0.3 is 0 Å². The van der Waals surface area contributed by atoms with E-state index in [4.69, 9.17) is 47.6 Å². The highest BCUT2D eigenvalue weighted by atomic mass is 16.3. The van der Waals surface area contributed by atoms with E-state index in [1.165, 1.54) is 16.7 Å². The minimum Gasteiger partial charge on any atom is -0.456 e. The van der Waals surface area contributed by atoms with E-state index in [1.54, 1.807) is 0 Å². The van der Waals surface area contributed by atoms with Gasteiger partial charge in [-0.05, 0) is 136 Å². The summed E-state index contributed by atoms with van der Waals surface area (Å²) in [7, 11) is 0.